The van der Waals surface area contributed by atoms with E-state index < -0.39 is 4.92 Å². The molecule has 0 aliphatic heterocycles. The molecule has 0 saturated heterocycles. The van der Waals surface area contributed by atoms with E-state index in [0.717, 1.165) is 18.6 Å². The second-order valence-corrected chi connectivity index (χ2v) is 7.29. The first kappa shape index (κ1) is 20.6. The number of ether oxygens (including phenoxy) is 2. The number of thioether (sulfide) groups is 1. The summed E-state index contributed by atoms with van der Waals surface area (Å²) in [6, 6.07) is 2.94. The molecular weight excluding hydrogens is 396 g/mol. The third kappa shape index (κ3) is 4.34. The number of nitrogen functional groups attached to an aromatic ring is 1. The molecule has 0 aliphatic rings. The highest BCUT2D eigenvalue weighted by atomic mass is 32.2. The van der Waals surface area contributed by atoms with Crippen LogP contribution in [0.1, 0.15) is 25.3 Å². The highest BCUT2D eigenvalue weighted by Gasteiger charge is 2.21. The van der Waals surface area contributed by atoms with Gasteiger partial charge in [0.25, 0.3) is 5.69 Å². The van der Waals surface area contributed by atoms with Gasteiger partial charge in [-0.3, -0.25) is 10.1 Å². The number of nitrogens with two attached hydrogens (primary N) is 1. The van der Waals surface area contributed by atoms with Crippen molar-refractivity contribution < 1.29 is 14.4 Å². The van der Waals surface area contributed by atoms with Gasteiger partial charge in [0.2, 0.25) is 0 Å². The Labute approximate surface area is 171 Å². The van der Waals surface area contributed by atoms with E-state index in [1.165, 1.54) is 32.0 Å². The molecule has 0 amide bonds. The molecule has 0 saturated carbocycles. The lowest BCUT2D eigenvalue weighted by Crippen LogP contribution is -2.06. The van der Waals surface area contributed by atoms with Crippen LogP contribution in [0, 0.1) is 10.1 Å². The van der Waals surface area contributed by atoms with Gasteiger partial charge in [-0.05, 0) is 12.5 Å². The molecule has 10 nitrogen and oxygen atoms in total. The van der Waals surface area contributed by atoms with E-state index in [1.54, 1.807) is 17.0 Å². The summed E-state index contributed by atoms with van der Waals surface area (Å²) < 4.78 is 12.2. The van der Waals surface area contributed by atoms with Crippen molar-refractivity contribution in [2.45, 2.75) is 31.5 Å². The first-order chi connectivity index (χ1) is 14.0. The third-order valence-electron chi connectivity index (χ3n) is 4.32. The fourth-order valence-corrected chi connectivity index (χ4v) is 3.75. The van der Waals surface area contributed by atoms with Crippen LogP contribution in [0.2, 0.25) is 0 Å². The number of unbranched alkanes of at least 4 members (excludes halogenated alkanes) is 1. The Hall–Kier alpha value is -3.08. The highest BCUT2D eigenvalue weighted by Crippen LogP contribution is 2.35. The van der Waals surface area contributed by atoms with Crippen LogP contribution in [0.3, 0.4) is 0 Å². The maximum Gasteiger partial charge on any atom is 0.278 e. The summed E-state index contributed by atoms with van der Waals surface area (Å²) in [7, 11) is 2.91. The van der Waals surface area contributed by atoms with Crippen molar-refractivity contribution in [2.75, 3.05) is 25.7 Å². The smallest absolute Gasteiger partial charge is 0.278 e. The van der Waals surface area contributed by atoms with Crippen molar-refractivity contribution in [3.63, 3.8) is 0 Å². The zero-order valence-electron chi connectivity index (χ0n) is 16.4. The number of nitrogens with zero attached hydrogens (tertiary/aromatic N) is 5. The molecule has 0 unspecified atom stereocenters. The van der Waals surface area contributed by atoms with Gasteiger partial charge in [0.1, 0.15) is 5.52 Å². The molecule has 154 valence electrons. The van der Waals surface area contributed by atoms with Crippen LogP contribution in [0.5, 0.6) is 11.5 Å². The van der Waals surface area contributed by atoms with E-state index in [1.807, 2.05) is 0 Å². The number of rotatable bonds is 9. The lowest BCUT2D eigenvalue weighted by atomic mass is 10.1. The zero-order chi connectivity index (χ0) is 21.0. The summed E-state index contributed by atoms with van der Waals surface area (Å²) >= 11 is 1.52. The quantitative estimate of drug-likeness (QED) is 0.183. The summed E-state index contributed by atoms with van der Waals surface area (Å²) in [4.78, 5) is 24.3. The molecule has 2 aromatic heterocycles. The van der Waals surface area contributed by atoms with Gasteiger partial charge in [0.15, 0.2) is 28.1 Å². The molecule has 0 fully saturated rings. The Bertz CT molecular complexity index is 1040. The lowest BCUT2D eigenvalue weighted by molar-refractivity contribution is -0.385. The zero-order valence-corrected chi connectivity index (χ0v) is 17.2. The Balaban J connectivity index is 2.02. The summed E-state index contributed by atoms with van der Waals surface area (Å²) in [5, 5.41) is 12.1. The number of methoxy groups -OCH3 is 2. The number of benzene rings is 1. The molecule has 0 atom stereocenters. The van der Waals surface area contributed by atoms with Crippen LogP contribution in [0.15, 0.2) is 23.6 Å². The molecule has 1 aromatic carbocycles. The number of hydrogen-bond acceptors (Lipinski definition) is 9. The number of hydrogen-bond donors (Lipinski definition) is 1. The maximum atomic E-state index is 11.6. The molecular formula is C18H22N6O4S. The van der Waals surface area contributed by atoms with Crippen molar-refractivity contribution in [2.24, 2.45) is 0 Å². The average molecular weight is 418 g/mol. The number of anilines is 1. The first-order valence-electron chi connectivity index (χ1n) is 8.98. The van der Waals surface area contributed by atoms with E-state index in [4.69, 9.17) is 15.2 Å². The molecule has 29 heavy (non-hydrogen) atoms. The van der Waals surface area contributed by atoms with Gasteiger partial charge < -0.3 is 19.8 Å². The lowest BCUT2D eigenvalue weighted by Gasteiger charge is -2.11. The van der Waals surface area contributed by atoms with Gasteiger partial charge in [-0.15, -0.1) is 0 Å². The number of fused-ring (bicyclic) bond motifs is 1. The van der Waals surface area contributed by atoms with Gasteiger partial charge in [0, 0.05) is 5.75 Å². The summed E-state index contributed by atoms with van der Waals surface area (Å²) in [5.74, 6) is 1.87. The molecule has 2 N–H and O–H groups in total. The Morgan fingerprint density at radius 1 is 1.24 bits per heavy atom. The van der Waals surface area contributed by atoms with E-state index >= 15 is 0 Å². The number of nitro benzene ring substituents is 1. The van der Waals surface area contributed by atoms with Crippen molar-refractivity contribution in [3.8, 4) is 11.5 Å². The molecule has 0 aliphatic carbocycles. The first-order valence-corrected chi connectivity index (χ1v) is 9.97. The molecule has 2 heterocycles. The average Bonchev–Trinajstić information content (AvgIpc) is 3.11. The largest absolute Gasteiger partial charge is 0.493 e. The summed E-state index contributed by atoms with van der Waals surface area (Å²) in [6.07, 6.45) is 3.67. The van der Waals surface area contributed by atoms with Crippen LogP contribution in [-0.2, 0) is 6.54 Å². The maximum absolute atomic E-state index is 11.6. The summed E-state index contributed by atoms with van der Waals surface area (Å²) in [6.45, 7) is 2.28. The Morgan fingerprint density at radius 2 is 1.97 bits per heavy atom. The topological polar surface area (TPSA) is 131 Å². The van der Waals surface area contributed by atoms with Crippen molar-refractivity contribution in [3.05, 3.63) is 34.1 Å². The van der Waals surface area contributed by atoms with E-state index in [0.29, 0.717) is 33.4 Å². The Morgan fingerprint density at radius 3 is 2.62 bits per heavy atom. The van der Waals surface area contributed by atoms with Crippen molar-refractivity contribution in [1.29, 1.82) is 0 Å². The molecule has 3 aromatic rings. The second-order valence-electron chi connectivity index (χ2n) is 6.23. The van der Waals surface area contributed by atoms with E-state index in [9.17, 15) is 10.1 Å². The van der Waals surface area contributed by atoms with Gasteiger partial charge in [-0.25, -0.2) is 15.0 Å². The number of aromatic nitrogens is 4. The van der Waals surface area contributed by atoms with Crippen molar-refractivity contribution in [1.82, 2.24) is 19.5 Å². The van der Waals surface area contributed by atoms with Crippen LogP contribution < -0.4 is 15.2 Å². The predicted octanol–water partition coefficient (Wildman–Crippen LogP) is 3.27. The molecule has 3 rings (SSSR count). The van der Waals surface area contributed by atoms with E-state index in [-0.39, 0.29) is 18.1 Å². The van der Waals surface area contributed by atoms with Crippen LogP contribution in [-0.4, -0.2) is 44.4 Å². The second kappa shape index (κ2) is 8.95. The van der Waals surface area contributed by atoms with E-state index in [2.05, 4.69) is 21.9 Å². The minimum atomic E-state index is -0.453. The van der Waals surface area contributed by atoms with Gasteiger partial charge in [-0.2, -0.15) is 0 Å². The Kier molecular flexibility index (Phi) is 6.37. The van der Waals surface area contributed by atoms with Crippen LogP contribution >= 0.6 is 11.8 Å². The third-order valence-corrected chi connectivity index (χ3v) is 5.26. The minimum Gasteiger partial charge on any atom is -0.493 e. The predicted molar refractivity (Wildman–Crippen MR) is 111 cm³/mol. The number of nitro groups is 1. The van der Waals surface area contributed by atoms with Crippen LogP contribution in [0.4, 0.5) is 11.5 Å². The SMILES string of the molecule is CCCCSc1nc(N)c2ncn(Cc3cc(OC)c(OC)cc3[N+](=O)[O-])c2n1. The minimum absolute atomic E-state index is 0.0796. The monoisotopic (exact) mass is 418 g/mol. The van der Waals surface area contributed by atoms with Crippen LogP contribution in [0.25, 0.3) is 11.2 Å². The molecule has 0 radical (unpaired) electrons. The molecule has 11 heteroatoms. The fourth-order valence-electron chi connectivity index (χ4n) is 2.82. The highest BCUT2D eigenvalue weighted by molar-refractivity contribution is 7.99. The molecule has 0 bridgehead atoms. The summed E-state index contributed by atoms with van der Waals surface area (Å²) in [5.41, 5.74) is 7.39. The van der Waals surface area contributed by atoms with Gasteiger partial charge >= 0.3 is 0 Å². The normalized spacial score (nSPS) is 11.0. The van der Waals surface area contributed by atoms with Gasteiger partial charge in [-0.1, -0.05) is 25.1 Å². The van der Waals surface area contributed by atoms with Crippen molar-refractivity contribution >= 4 is 34.4 Å². The standard InChI is InChI=1S/C18H22N6O4S/c1-4-5-6-29-18-21-16(19)15-17(22-18)23(10-20-15)9-11-7-13(27-2)14(28-3)8-12(11)24(25)26/h7-8,10H,4-6,9H2,1-3H3,(H2,19,21,22). The number of imidazole rings is 1. The molecule has 0 spiro atoms. The van der Waals surface area contributed by atoms with Gasteiger partial charge in [0.05, 0.1) is 43.6 Å². The fraction of sp³-hybridized carbons (Fsp3) is 0.389.